The van der Waals surface area contributed by atoms with Crippen molar-refractivity contribution in [3.8, 4) is 17.2 Å². The number of hydrogen-bond acceptors (Lipinski definition) is 4. The Bertz CT molecular complexity index is 1420. The first-order valence-electron chi connectivity index (χ1n) is 10.0. The summed E-state index contributed by atoms with van der Waals surface area (Å²) < 4.78 is 15.6. The van der Waals surface area contributed by atoms with Gasteiger partial charge in [-0.1, -0.05) is 36.4 Å². The smallest absolute Gasteiger partial charge is 0.262 e. The third-order valence-electron chi connectivity index (χ3n) is 5.10. The highest BCUT2D eigenvalue weighted by molar-refractivity contribution is 6.15. The molecule has 2 heterocycles. The number of carbonyl (C=O) groups excluding carboxylic acids is 1. The number of aromatic nitrogens is 2. The quantitative estimate of drug-likeness (QED) is 0.323. The Labute approximate surface area is 183 Å². The van der Waals surface area contributed by atoms with Crippen LogP contribution in [0.1, 0.15) is 22.3 Å². The molecule has 0 bridgehead atoms. The molecule has 0 radical (unpaired) electrons. The van der Waals surface area contributed by atoms with E-state index in [0.717, 1.165) is 0 Å². The lowest BCUT2D eigenvalue weighted by atomic mass is 9.93. The normalized spacial score (nSPS) is 11.0. The summed E-state index contributed by atoms with van der Waals surface area (Å²) in [6.45, 7) is 0.0964. The van der Waals surface area contributed by atoms with Gasteiger partial charge in [0.15, 0.2) is 5.78 Å². The molecular weight excluding hydrogens is 405 g/mol. The van der Waals surface area contributed by atoms with Crippen molar-refractivity contribution in [3.63, 3.8) is 0 Å². The molecule has 0 fully saturated rings. The van der Waals surface area contributed by atoms with Crippen LogP contribution in [0.2, 0.25) is 0 Å². The molecule has 32 heavy (non-hydrogen) atoms. The van der Waals surface area contributed by atoms with E-state index in [1.165, 1.54) is 28.8 Å². The molecule has 0 unspecified atom stereocenters. The van der Waals surface area contributed by atoms with E-state index < -0.39 is 17.2 Å². The van der Waals surface area contributed by atoms with Gasteiger partial charge < -0.3 is 4.57 Å². The van der Waals surface area contributed by atoms with Gasteiger partial charge in [0.2, 0.25) is 0 Å². The molecule has 0 spiro atoms. The number of pyridine rings is 2. The number of carbonyl (C=O) groups is 1. The first kappa shape index (κ1) is 20.9. The Morgan fingerprint density at radius 3 is 2.66 bits per heavy atom. The predicted molar refractivity (Wildman–Crippen MR) is 121 cm³/mol. The molecule has 2 aromatic carbocycles. The van der Waals surface area contributed by atoms with E-state index in [9.17, 15) is 14.0 Å². The number of rotatable bonds is 6. The van der Waals surface area contributed by atoms with Crippen LogP contribution in [0, 0.1) is 17.1 Å². The van der Waals surface area contributed by atoms with E-state index in [-0.39, 0.29) is 18.5 Å². The minimum Gasteiger partial charge on any atom is -0.307 e. The van der Waals surface area contributed by atoms with Crippen molar-refractivity contribution in [1.29, 1.82) is 5.26 Å². The van der Waals surface area contributed by atoms with E-state index in [1.54, 1.807) is 54.9 Å². The first-order chi connectivity index (χ1) is 15.6. The van der Waals surface area contributed by atoms with E-state index in [0.29, 0.717) is 27.6 Å². The predicted octanol–water partition coefficient (Wildman–Crippen LogP) is 5.01. The lowest BCUT2D eigenvalue weighted by Gasteiger charge is -2.17. The molecule has 0 aliphatic carbocycles. The number of nitriles is 1. The number of allylic oxidation sites excluding steroid dienone is 1. The topological polar surface area (TPSA) is 75.8 Å². The number of benzene rings is 2. The summed E-state index contributed by atoms with van der Waals surface area (Å²) >= 11 is 0. The van der Waals surface area contributed by atoms with Crippen molar-refractivity contribution >= 4 is 22.8 Å². The highest BCUT2D eigenvalue weighted by Crippen LogP contribution is 2.31. The Balaban J connectivity index is 2.02. The lowest BCUT2D eigenvalue weighted by molar-refractivity contribution is 0.104. The second-order valence-corrected chi connectivity index (χ2v) is 7.13. The number of aryl methyl sites for hydroxylation is 1. The van der Waals surface area contributed by atoms with Crippen LogP contribution in [0.3, 0.4) is 0 Å². The number of ketones is 1. The van der Waals surface area contributed by atoms with Gasteiger partial charge in [0.1, 0.15) is 5.82 Å². The van der Waals surface area contributed by atoms with Gasteiger partial charge in [-0.15, -0.1) is 0 Å². The molecule has 2 aromatic heterocycles. The minimum absolute atomic E-state index is 0.0626. The van der Waals surface area contributed by atoms with Gasteiger partial charge in [0.05, 0.1) is 23.6 Å². The summed E-state index contributed by atoms with van der Waals surface area (Å²) in [5.41, 5.74) is 1.60. The van der Waals surface area contributed by atoms with E-state index in [4.69, 9.17) is 5.26 Å². The Morgan fingerprint density at radius 1 is 1.12 bits per heavy atom. The molecule has 0 aliphatic rings. The zero-order valence-corrected chi connectivity index (χ0v) is 17.0. The van der Waals surface area contributed by atoms with Gasteiger partial charge in [-0.2, -0.15) is 5.26 Å². The Kier molecular flexibility index (Phi) is 6.00. The number of halogens is 1. The summed E-state index contributed by atoms with van der Waals surface area (Å²) in [5.74, 6) is -0.987. The summed E-state index contributed by atoms with van der Waals surface area (Å²) in [5, 5.41) is 9.48. The molecule has 0 N–H and O–H groups in total. The van der Waals surface area contributed by atoms with E-state index >= 15 is 0 Å². The molecule has 0 aliphatic heterocycles. The molecule has 0 saturated carbocycles. The van der Waals surface area contributed by atoms with Gasteiger partial charge in [-0.25, -0.2) is 4.39 Å². The molecule has 156 valence electrons. The van der Waals surface area contributed by atoms with Crippen molar-refractivity contribution in [2.45, 2.75) is 13.0 Å². The third kappa shape index (κ3) is 4.09. The van der Waals surface area contributed by atoms with Crippen LogP contribution in [-0.2, 0) is 6.54 Å². The van der Waals surface area contributed by atoms with Gasteiger partial charge in [0, 0.05) is 29.9 Å². The van der Waals surface area contributed by atoms with Crippen LogP contribution in [0.15, 0.2) is 83.9 Å². The van der Waals surface area contributed by atoms with Crippen LogP contribution in [0.4, 0.5) is 4.39 Å². The number of nitrogens with zero attached hydrogens (tertiary/aromatic N) is 3. The molecule has 0 amide bonds. The first-order valence-corrected chi connectivity index (χ1v) is 10.0. The lowest BCUT2D eigenvalue weighted by Crippen LogP contribution is -2.27. The second kappa shape index (κ2) is 9.19. The average Bonchev–Trinajstić information content (AvgIpc) is 2.82. The van der Waals surface area contributed by atoms with Crippen LogP contribution in [-0.4, -0.2) is 15.3 Å². The van der Waals surface area contributed by atoms with Crippen LogP contribution < -0.4 is 5.56 Å². The summed E-state index contributed by atoms with van der Waals surface area (Å²) in [4.78, 5) is 30.8. The fourth-order valence-corrected chi connectivity index (χ4v) is 3.68. The number of fused-ring (bicyclic) bond motifs is 1. The molecule has 4 aromatic rings. The fraction of sp³-hybridized carbons (Fsp3) is 0.0769. The summed E-state index contributed by atoms with van der Waals surface area (Å²) in [7, 11) is 0. The summed E-state index contributed by atoms with van der Waals surface area (Å²) in [6, 6.07) is 18.6. The maximum Gasteiger partial charge on any atom is 0.262 e. The molecule has 0 atom stereocenters. The van der Waals surface area contributed by atoms with Gasteiger partial charge in [-0.3, -0.25) is 14.6 Å². The number of hydrogen-bond donors (Lipinski definition) is 0. The third-order valence-corrected chi connectivity index (χ3v) is 5.10. The highest BCUT2D eigenvalue weighted by atomic mass is 19.1. The van der Waals surface area contributed by atoms with Crippen LogP contribution in [0.25, 0.3) is 28.1 Å². The van der Waals surface area contributed by atoms with Gasteiger partial charge in [-0.05, 0) is 47.5 Å². The van der Waals surface area contributed by atoms with Crippen molar-refractivity contribution < 1.29 is 9.18 Å². The fourth-order valence-electron chi connectivity index (χ4n) is 3.68. The zero-order valence-electron chi connectivity index (χ0n) is 17.0. The Hall–Kier alpha value is -4.37. The molecule has 5 nitrogen and oxygen atoms in total. The summed E-state index contributed by atoms with van der Waals surface area (Å²) in [6.07, 6.45) is 6.20. The van der Waals surface area contributed by atoms with E-state index in [2.05, 4.69) is 4.98 Å². The van der Waals surface area contributed by atoms with Crippen molar-refractivity contribution in [2.24, 2.45) is 0 Å². The van der Waals surface area contributed by atoms with Gasteiger partial charge in [0.25, 0.3) is 5.56 Å². The highest BCUT2D eigenvalue weighted by Gasteiger charge is 2.22. The van der Waals surface area contributed by atoms with E-state index in [1.807, 2.05) is 12.1 Å². The zero-order chi connectivity index (χ0) is 22.5. The molecular formula is C26H18FN3O2. The standard InChI is InChI=1S/C26H18FN3O2/c27-20-10-11-22-21(16-20)24(19-7-2-1-3-8-19)25(26(32)30(22)15-5-13-28)23(31)12-9-18-6-4-14-29-17-18/h1-4,6-12,14,16-17H,5,15H2/b12-9+. The molecule has 6 heteroatoms. The molecule has 0 saturated heterocycles. The van der Waals surface area contributed by atoms with Crippen LogP contribution in [0.5, 0.6) is 0 Å². The maximum atomic E-state index is 14.3. The SMILES string of the molecule is N#CCCn1c(=O)c(C(=O)/C=C/c2cccnc2)c(-c2ccccc2)c2cc(F)ccc21. The maximum absolute atomic E-state index is 14.3. The second-order valence-electron chi connectivity index (χ2n) is 7.13. The van der Waals surface area contributed by atoms with Gasteiger partial charge >= 0.3 is 0 Å². The van der Waals surface area contributed by atoms with Crippen molar-refractivity contribution in [3.05, 3.63) is 106 Å². The molecule has 4 rings (SSSR count). The monoisotopic (exact) mass is 423 g/mol. The Morgan fingerprint density at radius 2 is 1.94 bits per heavy atom. The van der Waals surface area contributed by atoms with Crippen LogP contribution >= 0.6 is 0 Å². The average molecular weight is 423 g/mol. The van der Waals surface area contributed by atoms with Crippen molar-refractivity contribution in [2.75, 3.05) is 0 Å². The minimum atomic E-state index is -0.515. The largest absolute Gasteiger partial charge is 0.307 e. The van der Waals surface area contributed by atoms with Crippen molar-refractivity contribution in [1.82, 2.24) is 9.55 Å².